The molecule has 1 aliphatic heterocycles. The smallest absolute Gasteiger partial charge is 0.308 e. The molecule has 1 unspecified atom stereocenters. The molecule has 0 spiro atoms. The highest BCUT2D eigenvalue weighted by atomic mass is 32.2. The summed E-state index contributed by atoms with van der Waals surface area (Å²) in [7, 11) is 0. The van der Waals surface area contributed by atoms with Crippen molar-refractivity contribution in [2.45, 2.75) is 57.2 Å². The number of carbonyl (C=O) groups is 3. The summed E-state index contributed by atoms with van der Waals surface area (Å²) in [6, 6.07) is 0.223. The van der Waals surface area contributed by atoms with Gasteiger partial charge in [-0.25, -0.2) is 0 Å². The van der Waals surface area contributed by atoms with Crippen LogP contribution in [0.15, 0.2) is 0 Å². The van der Waals surface area contributed by atoms with Crippen molar-refractivity contribution >= 4 is 28.8 Å². The number of amides is 1. The van der Waals surface area contributed by atoms with E-state index in [-0.39, 0.29) is 34.2 Å². The maximum Gasteiger partial charge on any atom is 0.308 e. The van der Waals surface area contributed by atoms with E-state index in [2.05, 4.69) is 0 Å². The molecule has 0 aromatic heterocycles. The van der Waals surface area contributed by atoms with E-state index in [1.54, 1.807) is 6.92 Å². The van der Waals surface area contributed by atoms with Gasteiger partial charge in [0, 0.05) is 31.2 Å². The maximum atomic E-state index is 12.1. The summed E-state index contributed by atoms with van der Waals surface area (Å²) < 4.78 is 5.06. The molecule has 1 amide bonds. The van der Waals surface area contributed by atoms with E-state index in [9.17, 15) is 14.4 Å². The summed E-state index contributed by atoms with van der Waals surface area (Å²) >= 11 is 1.27. The van der Waals surface area contributed by atoms with Gasteiger partial charge in [0.25, 0.3) is 0 Å². The summed E-state index contributed by atoms with van der Waals surface area (Å²) in [6.45, 7) is 4.45. The van der Waals surface area contributed by atoms with E-state index in [0.717, 1.165) is 25.7 Å². The highest BCUT2D eigenvalue weighted by Gasteiger charge is 2.38. The number of hydrogen-bond donors (Lipinski definition) is 0. The van der Waals surface area contributed by atoms with Crippen molar-refractivity contribution in [3.8, 4) is 0 Å². The topological polar surface area (TPSA) is 63.7 Å². The zero-order valence-electron chi connectivity index (χ0n) is 12.7. The van der Waals surface area contributed by atoms with Gasteiger partial charge in [-0.3, -0.25) is 14.4 Å². The third-order valence-electron chi connectivity index (χ3n) is 4.21. The number of likely N-dealkylation sites (tertiary alicyclic amines) is 1. The molecule has 0 radical (unpaired) electrons. The molecule has 0 bridgehead atoms. The predicted octanol–water partition coefficient (Wildman–Crippen LogP) is 1.99. The summed E-state index contributed by atoms with van der Waals surface area (Å²) in [5.41, 5.74) is 0. The van der Waals surface area contributed by atoms with Crippen LogP contribution in [0.3, 0.4) is 0 Å². The van der Waals surface area contributed by atoms with Crippen LogP contribution in [-0.2, 0) is 19.1 Å². The molecule has 5 nitrogen and oxygen atoms in total. The average molecular weight is 313 g/mol. The Morgan fingerprint density at radius 2 is 1.95 bits per heavy atom. The van der Waals surface area contributed by atoms with Gasteiger partial charge >= 0.3 is 5.97 Å². The largest absolute Gasteiger partial charge is 0.466 e. The molecule has 118 valence electrons. The molecule has 21 heavy (non-hydrogen) atoms. The summed E-state index contributed by atoms with van der Waals surface area (Å²) in [5, 5.41) is 0.165. The van der Waals surface area contributed by atoms with E-state index >= 15 is 0 Å². The standard InChI is InChI=1S/C15H23NO4S/c1-3-20-15(19)11-4-6-12(7-5-11)16-9-13(8-14(16)18)21-10(2)17/h11-13H,3-9H2,1-2H3. The van der Waals surface area contributed by atoms with Crippen LogP contribution >= 0.6 is 11.8 Å². The fourth-order valence-corrected chi connectivity index (χ4v) is 4.18. The number of ether oxygens (including phenoxy) is 1. The molecule has 1 saturated heterocycles. The van der Waals surface area contributed by atoms with Gasteiger partial charge in [-0.2, -0.15) is 0 Å². The minimum absolute atomic E-state index is 0.0127. The molecule has 2 aliphatic rings. The lowest BCUT2D eigenvalue weighted by molar-refractivity contribution is -0.149. The van der Waals surface area contributed by atoms with Crippen molar-refractivity contribution in [3.63, 3.8) is 0 Å². The summed E-state index contributed by atoms with van der Waals surface area (Å²) in [5.74, 6) is 0.0309. The number of hydrogen-bond acceptors (Lipinski definition) is 5. The molecule has 2 rings (SSSR count). The van der Waals surface area contributed by atoms with Gasteiger partial charge in [0.15, 0.2) is 5.12 Å². The zero-order valence-corrected chi connectivity index (χ0v) is 13.5. The zero-order chi connectivity index (χ0) is 15.4. The van der Waals surface area contributed by atoms with E-state index in [4.69, 9.17) is 4.74 Å². The summed E-state index contributed by atoms with van der Waals surface area (Å²) in [4.78, 5) is 36.9. The van der Waals surface area contributed by atoms with E-state index in [1.165, 1.54) is 11.8 Å². The van der Waals surface area contributed by atoms with E-state index < -0.39 is 0 Å². The molecule has 1 saturated carbocycles. The number of esters is 1. The van der Waals surface area contributed by atoms with Crippen molar-refractivity contribution in [1.82, 2.24) is 4.90 Å². The van der Waals surface area contributed by atoms with Crippen LogP contribution in [0.2, 0.25) is 0 Å². The number of nitrogens with zero attached hydrogens (tertiary/aromatic N) is 1. The monoisotopic (exact) mass is 313 g/mol. The van der Waals surface area contributed by atoms with Crippen LogP contribution in [0.25, 0.3) is 0 Å². The third kappa shape index (κ3) is 4.22. The van der Waals surface area contributed by atoms with Crippen molar-refractivity contribution in [2.24, 2.45) is 5.92 Å². The molecule has 1 atom stereocenters. The first-order valence-corrected chi connectivity index (χ1v) is 8.52. The molecule has 1 heterocycles. The molecule has 1 aliphatic carbocycles. The maximum absolute atomic E-state index is 12.1. The Hall–Kier alpha value is -1.04. The molecule has 0 aromatic carbocycles. The lowest BCUT2D eigenvalue weighted by Crippen LogP contribution is -2.40. The highest BCUT2D eigenvalue weighted by molar-refractivity contribution is 8.14. The SMILES string of the molecule is CCOC(=O)C1CCC(N2CC(SC(C)=O)CC2=O)CC1. The van der Waals surface area contributed by atoms with Crippen LogP contribution in [0, 0.1) is 5.92 Å². The summed E-state index contributed by atoms with van der Waals surface area (Å²) in [6.07, 6.45) is 3.75. The van der Waals surface area contributed by atoms with Crippen molar-refractivity contribution < 1.29 is 19.1 Å². The fourth-order valence-electron chi connectivity index (χ4n) is 3.25. The number of rotatable bonds is 4. The van der Waals surface area contributed by atoms with Crippen LogP contribution in [0.4, 0.5) is 0 Å². The quantitative estimate of drug-likeness (QED) is 0.743. The van der Waals surface area contributed by atoms with E-state index in [0.29, 0.717) is 19.6 Å². The van der Waals surface area contributed by atoms with Crippen molar-refractivity contribution in [3.05, 3.63) is 0 Å². The van der Waals surface area contributed by atoms with Gasteiger partial charge in [0.1, 0.15) is 0 Å². The Balaban J connectivity index is 1.83. The lowest BCUT2D eigenvalue weighted by Gasteiger charge is -2.33. The molecule has 6 heteroatoms. The lowest BCUT2D eigenvalue weighted by atomic mass is 9.85. The van der Waals surface area contributed by atoms with Crippen molar-refractivity contribution in [1.29, 1.82) is 0 Å². The first-order chi connectivity index (χ1) is 10.0. The highest BCUT2D eigenvalue weighted by Crippen LogP contribution is 2.33. The second kappa shape index (κ2) is 7.29. The minimum atomic E-state index is -0.103. The molecule has 0 aromatic rings. The van der Waals surface area contributed by atoms with Gasteiger partial charge in [-0.15, -0.1) is 0 Å². The Morgan fingerprint density at radius 1 is 1.29 bits per heavy atom. The van der Waals surface area contributed by atoms with E-state index in [1.807, 2.05) is 11.8 Å². The number of thioether (sulfide) groups is 1. The molecular weight excluding hydrogens is 290 g/mol. The Labute approximate surface area is 129 Å². The Bertz CT molecular complexity index is 418. The van der Waals surface area contributed by atoms with Gasteiger partial charge in [0.05, 0.1) is 12.5 Å². The molecule has 2 fully saturated rings. The van der Waals surface area contributed by atoms with Gasteiger partial charge in [-0.1, -0.05) is 11.8 Å². The van der Waals surface area contributed by atoms with Crippen LogP contribution in [0.1, 0.15) is 46.0 Å². The third-order valence-corrected chi connectivity index (χ3v) is 5.19. The second-order valence-electron chi connectivity index (χ2n) is 5.74. The van der Waals surface area contributed by atoms with Crippen LogP contribution in [-0.4, -0.2) is 46.3 Å². The van der Waals surface area contributed by atoms with Gasteiger partial charge in [-0.05, 0) is 32.6 Å². The fraction of sp³-hybridized carbons (Fsp3) is 0.800. The minimum Gasteiger partial charge on any atom is -0.466 e. The van der Waals surface area contributed by atoms with Gasteiger partial charge in [0.2, 0.25) is 5.91 Å². The normalized spacial score (nSPS) is 29.5. The second-order valence-corrected chi connectivity index (χ2v) is 7.22. The Kier molecular flexibility index (Phi) is 5.67. The average Bonchev–Trinajstić information content (AvgIpc) is 2.79. The predicted molar refractivity (Wildman–Crippen MR) is 80.8 cm³/mol. The first kappa shape index (κ1) is 16.3. The van der Waals surface area contributed by atoms with Crippen LogP contribution in [0.5, 0.6) is 0 Å². The Morgan fingerprint density at radius 3 is 2.52 bits per heavy atom. The van der Waals surface area contributed by atoms with Crippen LogP contribution < -0.4 is 0 Å². The molecule has 0 N–H and O–H groups in total. The van der Waals surface area contributed by atoms with Gasteiger partial charge < -0.3 is 9.64 Å². The van der Waals surface area contributed by atoms with Crippen molar-refractivity contribution in [2.75, 3.05) is 13.2 Å². The number of carbonyl (C=O) groups excluding carboxylic acids is 3. The first-order valence-electron chi connectivity index (χ1n) is 7.64. The molecular formula is C15H23NO4S.